The first-order chi connectivity index (χ1) is 9.61. The first kappa shape index (κ1) is 12.5. The van der Waals surface area contributed by atoms with Crippen LogP contribution < -0.4 is 5.32 Å². The Hall–Kier alpha value is -2.50. The highest BCUT2D eigenvalue weighted by molar-refractivity contribution is 6.08. The molecule has 1 aromatic carbocycles. The van der Waals surface area contributed by atoms with Crippen LogP contribution in [0.4, 0.5) is 0 Å². The van der Waals surface area contributed by atoms with Crippen molar-refractivity contribution in [3.05, 3.63) is 34.9 Å². The van der Waals surface area contributed by atoms with Crippen LogP contribution in [0.15, 0.2) is 18.2 Å². The van der Waals surface area contributed by atoms with Crippen LogP contribution in [0.5, 0.6) is 0 Å². The average Bonchev–Trinajstić information content (AvgIpc) is 2.76. The molecule has 0 aromatic heterocycles. The maximum absolute atomic E-state index is 12.4. The number of fused-ring (bicyclic) bond motifs is 1. The summed E-state index contributed by atoms with van der Waals surface area (Å²) in [6.07, 6.45) is 2.27. The number of rotatable bonds is 2. The standard InChI is InChI=1S/C14H11N2O4/c17-7-9-3-1-2-8-6-16(14(20)12(8)9)10-4-5-11(18)15-13(10)19/h1-3,10H,4-6H2,(H,15,18,19). The Morgan fingerprint density at radius 3 is 2.75 bits per heavy atom. The Morgan fingerprint density at radius 1 is 1.25 bits per heavy atom. The van der Waals surface area contributed by atoms with Gasteiger partial charge in [-0.2, -0.15) is 0 Å². The Labute approximate surface area is 114 Å². The van der Waals surface area contributed by atoms with Crippen LogP contribution in [0.1, 0.15) is 34.3 Å². The maximum atomic E-state index is 12.4. The number of nitrogens with zero attached hydrogens (tertiary/aromatic N) is 1. The van der Waals surface area contributed by atoms with Crippen molar-refractivity contribution >= 4 is 24.0 Å². The SMILES string of the molecule is O=[C]c1cccc2c1C(=O)N(C1CCC(=O)NC1=O)C2. The van der Waals surface area contributed by atoms with Gasteiger partial charge in [0.2, 0.25) is 18.1 Å². The summed E-state index contributed by atoms with van der Waals surface area (Å²) in [6, 6.07) is 4.30. The summed E-state index contributed by atoms with van der Waals surface area (Å²) >= 11 is 0. The second-order valence-electron chi connectivity index (χ2n) is 4.84. The minimum Gasteiger partial charge on any atom is -0.322 e. The molecule has 1 aromatic rings. The van der Waals surface area contributed by atoms with Crippen LogP contribution in [0, 0.1) is 0 Å². The van der Waals surface area contributed by atoms with Crippen LogP contribution >= 0.6 is 0 Å². The van der Waals surface area contributed by atoms with Gasteiger partial charge in [0.1, 0.15) is 6.04 Å². The number of hydrogen-bond donors (Lipinski definition) is 1. The van der Waals surface area contributed by atoms with Crippen molar-refractivity contribution in [1.29, 1.82) is 0 Å². The Kier molecular flexibility index (Phi) is 2.85. The highest BCUT2D eigenvalue weighted by atomic mass is 16.2. The monoisotopic (exact) mass is 271 g/mol. The summed E-state index contributed by atoms with van der Waals surface area (Å²) in [4.78, 5) is 47.7. The molecule has 2 aliphatic heterocycles. The molecule has 6 nitrogen and oxygen atoms in total. The predicted octanol–water partition coefficient (Wildman–Crippen LogP) is -0.0946. The molecule has 6 heteroatoms. The van der Waals surface area contributed by atoms with E-state index < -0.39 is 11.9 Å². The summed E-state index contributed by atoms with van der Waals surface area (Å²) in [7, 11) is 0. The van der Waals surface area contributed by atoms with E-state index >= 15 is 0 Å². The van der Waals surface area contributed by atoms with Crippen molar-refractivity contribution in [3.63, 3.8) is 0 Å². The number of nitrogens with one attached hydrogen (secondary N) is 1. The summed E-state index contributed by atoms with van der Waals surface area (Å²) in [5, 5.41) is 2.23. The van der Waals surface area contributed by atoms with Crippen molar-refractivity contribution in [2.75, 3.05) is 0 Å². The van der Waals surface area contributed by atoms with Gasteiger partial charge < -0.3 is 4.90 Å². The molecule has 3 amide bonds. The van der Waals surface area contributed by atoms with Gasteiger partial charge in [-0.15, -0.1) is 0 Å². The van der Waals surface area contributed by atoms with E-state index in [1.807, 2.05) is 0 Å². The van der Waals surface area contributed by atoms with Crippen molar-refractivity contribution < 1.29 is 19.2 Å². The van der Waals surface area contributed by atoms with E-state index in [4.69, 9.17) is 0 Å². The molecule has 0 aliphatic carbocycles. The van der Waals surface area contributed by atoms with Crippen molar-refractivity contribution in [1.82, 2.24) is 10.2 Å². The number of amides is 3. The first-order valence-electron chi connectivity index (χ1n) is 6.26. The molecule has 2 heterocycles. The van der Waals surface area contributed by atoms with Crippen LogP contribution in [-0.4, -0.2) is 34.9 Å². The summed E-state index contributed by atoms with van der Waals surface area (Å²) in [6.45, 7) is 0.274. The zero-order chi connectivity index (χ0) is 14.3. The third-order valence-electron chi connectivity index (χ3n) is 3.66. The zero-order valence-electron chi connectivity index (χ0n) is 10.5. The lowest BCUT2D eigenvalue weighted by Gasteiger charge is -2.29. The molecule has 0 saturated carbocycles. The third-order valence-corrected chi connectivity index (χ3v) is 3.66. The van der Waals surface area contributed by atoms with Crippen LogP contribution in [0.3, 0.4) is 0 Å². The minimum absolute atomic E-state index is 0.210. The van der Waals surface area contributed by atoms with Gasteiger partial charge in [0.15, 0.2) is 0 Å². The second-order valence-corrected chi connectivity index (χ2v) is 4.84. The number of carbonyl (C=O) groups excluding carboxylic acids is 4. The predicted molar refractivity (Wildman–Crippen MR) is 67.3 cm³/mol. The lowest BCUT2D eigenvalue weighted by molar-refractivity contribution is -0.136. The molecule has 3 rings (SSSR count). The molecule has 101 valence electrons. The molecular formula is C14H11N2O4. The van der Waals surface area contributed by atoms with E-state index in [2.05, 4.69) is 5.32 Å². The van der Waals surface area contributed by atoms with E-state index in [9.17, 15) is 19.2 Å². The molecule has 1 fully saturated rings. The molecular weight excluding hydrogens is 260 g/mol. The lowest BCUT2D eigenvalue weighted by atomic mass is 10.0. The van der Waals surface area contributed by atoms with Crippen LogP contribution in [-0.2, 0) is 20.9 Å². The minimum atomic E-state index is -0.660. The fraction of sp³-hybridized carbons (Fsp3) is 0.286. The van der Waals surface area contributed by atoms with Gasteiger partial charge in [-0.3, -0.25) is 24.5 Å². The molecule has 0 spiro atoms. The first-order valence-corrected chi connectivity index (χ1v) is 6.26. The summed E-state index contributed by atoms with van der Waals surface area (Å²) in [5.74, 6) is -1.13. The smallest absolute Gasteiger partial charge is 0.255 e. The lowest BCUT2D eigenvalue weighted by Crippen LogP contribution is -2.52. The molecule has 1 atom stereocenters. The van der Waals surface area contributed by atoms with E-state index in [1.165, 1.54) is 11.0 Å². The number of carbonyl (C=O) groups is 3. The van der Waals surface area contributed by atoms with Gasteiger partial charge in [0.05, 0.1) is 5.56 Å². The van der Waals surface area contributed by atoms with Gasteiger partial charge in [-0.25, -0.2) is 0 Å². The number of piperidine rings is 1. The normalized spacial score (nSPS) is 21.7. The summed E-state index contributed by atoms with van der Waals surface area (Å²) < 4.78 is 0. The Balaban J connectivity index is 1.92. The molecule has 0 bridgehead atoms. The average molecular weight is 271 g/mol. The molecule has 1 N–H and O–H groups in total. The maximum Gasteiger partial charge on any atom is 0.255 e. The van der Waals surface area contributed by atoms with Crippen LogP contribution in [0.2, 0.25) is 0 Å². The fourth-order valence-corrected chi connectivity index (χ4v) is 2.70. The molecule has 1 saturated heterocycles. The Morgan fingerprint density at radius 2 is 2.05 bits per heavy atom. The van der Waals surface area contributed by atoms with E-state index in [-0.39, 0.29) is 30.3 Å². The van der Waals surface area contributed by atoms with Crippen molar-refractivity contribution in [3.8, 4) is 0 Å². The topological polar surface area (TPSA) is 83.6 Å². The van der Waals surface area contributed by atoms with Gasteiger partial charge in [-0.05, 0) is 12.0 Å². The number of benzene rings is 1. The molecule has 1 radical (unpaired) electrons. The van der Waals surface area contributed by atoms with Gasteiger partial charge in [-0.1, -0.05) is 18.2 Å². The summed E-state index contributed by atoms with van der Waals surface area (Å²) in [5.41, 5.74) is 1.23. The molecule has 20 heavy (non-hydrogen) atoms. The van der Waals surface area contributed by atoms with Crippen molar-refractivity contribution in [2.24, 2.45) is 0 Å². The number of imide groups is 1. The quantitative estimate of drug-likeness (QED) is 0.762. The second kappa shape index (κ2) is 4.56. The third kappa shape index (κ3) is 1.80. The van der Waals surface area contributed by atoms with Gasteiger partial charge in [0, 0.05) is 18.5 Å². The highest BCUT2D eigenvalue weighted by Crippen LogP contribution is 2.28. The zero-order valence-corrected chi connectivity index (χ0v) is 10.5. The van der Waals surface area contributed by atoms with E-state index in [0.29, 0.717) is 17.5 Å². The van der Waals surface area contributed by atoms with Crippen molar-refractivity contribution in [2.45, 2.75) is 25.4 Å². The van der Waals surface area contributed by atoms with Crippen LogP contribution in [0.25, 0.3) is 0 Å². The van der Waals surface area contributed by atoms with Gasteiger partial charge in [0.25, 0.3) is 5.91 Å². The molecule has 1 unspecified atom stereocenters. The largest absolute Gasteiger partial charge is 0.322 e. The molecule has 2 aliphatic rings. The highest BCUT2D eigenvalue weighted by Gasteiger charge is 2.39. The van der Waals surface area contributed by atoms with Gasteiger partial charge >= 0.3 is 0 Å². The fourth-order valence-electron chi connectivity index (χ4n) is 2.70. The van der Waals surface area contributed by atoms with E-state index in [1.54, 1.807) is 18.4 Å². The van der Waals surface area contributed by atoms with E-state index in [0.717, 1.165) is 0 Å². The number of hydrogen-bond acceptors (Lipinski definition) is 4. The Bertz CT molecular complexity index is 638.